The monoisotopic (exact) mass is 385 g/mol. The fourth-order valence-electron chi connectivity index (χ4n) is 2.28. The molecule has 1 aliphatic heterocycles. The normalized spacial score (nSPS) is 15.6. The average molecular weight is 385 g/mol. The molecule has 0 radical (unpaired) electrons. The first-order valence-electron chi connectivity index (χ1n) is 7.67. The van der Waals surface area contributed by atoms with Crippen molar-refractivity contribution in [3.63, 3.8) is 0 Å². The highest BCUT2D eigenvalue weighted by Gasteiger charge is 2.36. The first-order chi connectivity index (χ1) is 12.6. The molecular weight excluding hydrogens is 370 g/mol. The van der Waals surface area contributed by atoms with Crippen LogP contribution in [0, 0.1) is 0 Å². The molecular formula is C18H15N3O3S2. The van der Waals surface area contributed by atoms with Gasteiger partial charge in [-0.05, 0) is 54.4 Å². The van der Waals surface area contributed by atoms with E-state index in [1.165, 1.54) is 0 Å². The van der Waals surface area contributed by atoms with Crippen molar-refractivity contribution in [1.82, 2.24) is 9.88 Å². The lowest BCUT2D eigenvalue weighted by atomic mass is 10.3. The molecule has 1 fully saturated rings. The molecule has 0 atom stereocenters. The Morgan fingerprint density at radius 2 is 2.12 bits per heavy atom. The van der Waals surface area contributed by atoms with Crippen molar-refractivity contribution < 1.29 is 14.4 Å². The third-order valence-corrected chi connectivity index (χ3v) is 5.13. The number of pyridine rings is 1. The van der Waals surface area contributed by atoms with Crippen molar-refractivity contribution in [1.29, 1.82) is 0 Å². The van der Waals surface area contributed by atoms with E-state index in [4.69, 9.17) is 0 Å². The SMILES string of the molecule is CSc1cccc(NC(=O)CN2C(=O)S/C(=C\c3ccccn3)C2=O)c1. The molecule has 0 unspecified atom stereocenters. The van der Waals surface area contributed by atoms with Gasteiger partial charge in [-0.15, -0.1) is 11.8 Å². The number of benzene rings is 1. The second kappa shape index (κ2) is 8.20. The van der Waals surface area contributed by atoms with Crippen LogP contribution in [0.1, 0.15) is 5.69 Å². The van der Waals surface area contributed by atoms with Crippen LogP contribution in [0.4, 0.5) is 10.5 Å². The Bertz CT molecular complexity index is 884. The van der Waals surface area contributed by atoms with E-state index in [9.17, 15) is 14.4 Å². The van der Waals surface area contributed by atoms with E-state index in [1.807, 2.05) is 24.5 Å². The quantitative estimate of drug-likeness (QED) is 0.627. The molecule has 1 saturated heterocycles. The maximum atomic E-state index is 12.4. The minimum atomic E-state index is -0.487. The number of carbonyl (C=O) groups excluding carboxylic acids is 3. The highest BCUT2D eigenvalue weighted by atomic mass is 32.2. The molecule has 2 aromatic rings. The van der Waals surface area contributed by atoms with Gasteiger partial charge in [0.05, 0.1) is 10.6 Å². The number of amides is 3. The van der Waals surface area contributed by atoms with Gasteiger partial charge in [-0.1, -0.05) is 12.1 Å². The molecule has 1 N–H and O–H groups in total. The van der Waals surface area contributed by atoms with E-state index in [1.54, 1.807) is 48.3 Å². The van der Waals surface area contributed by atoms with Crippen molar-refractivity contribution in [2.45, 2.75) is 4.90 Å². The molecule has 3 amide bonds. The summed E-state index contributed by atoms with van der Waals surface area (Å²) >= 11 is 2.36. The number of nitrogens with one attached hydrogen (secondary N) is 1. The van der Waals surface area contributed by atoms with Crippen LogP contribution in [-0.4, -0.2) is 39.7 Å². The van der Waals surface area contributed by atoms with Gasteiger partial charge in [-0.3, -0.25) is 24.3 Å². The lowest BCUT2D eigenvalue weighted by molar-refractivity contribution is -0.127. The van der Waals surface area contributed by atoms with Crippen molar-refractivity contribution in [2.24, 2.45) is 0 Å². The van der Waals surface area contributed by atoms with E-state index >= 15 is 0 Å². The maximum Gasteiger partial charge on any atom is 0.294 e. The molecule has 132 valence electrons. The van der Waals surface area contributed by atoms with Gasteiger partial charge in [0.25, 0.3) is 11.1 Å². The lowest BCUT2D eigenvalue weighted by Crippen LogP contribution is -2.36. The summed E-state index contributed by atoms with van der Waals surface area (Å²) in [7, 11) is 0. The van der Waals surface area contributed by atoms with Crippen LogP contribution < -0.4 is 5.32 Å². The van der Waals surface area contributed by atoms with E-state index in [0.29, 0.717) is 11.4 Å². The number of hydrogen-bond donors (Lipinski definition) is 1. The van der Waals surface area contributed by atoms with Crippen LogP contribution in [0.5, 0.6) is 0 Å². The molecule has 0 aliphatic carbocycles. The van der Waals surface area contributed by atoms with Crippen molar-refractivity contribution in [3.05, 3.63) is 59.3 Å². The van der Waals surface area contributed by atoms with E-state index in [-0.39, 0.29) is 11.4 Å². The summed E-state index contributed by atoms with van der Waals surface area (Å²) in [5, 5.41) is 2.24. The number of nitrogens with zero attached hydrogens (tertiary/aromatic N) is 2. The predicted octanol–water partition coefficient (Wildman–Crippen LogP) is 3.48. The zero-order valence-corrected chi connectivity index (χ0v) is 15.5. The second-order valence-corrected chi connectivity index (χ2v) is 7.18. The summed E-state index contributed by atoms with van der Waals surface area (Å²) in [5.74, 6) is -0.914. The Kier molecular flexibility index (Phi) is 5.75. The number of aromatic nitrogens is 1. The molecule has 1 aromatic carbocycles. The van der Waals surface area contributed by atoms with Gasteiger partial charge < -0.3 is 5.32 Å². The summed E-state index contributed by atoms with van der Waals surface area (Å²) in [5.41, 5.74) is 1.20. The maximum absolute atomic E-state index is 12.4. The first kappa shape index (κ1) is 18.2. The number of carbonyl (C=O) groups is 3. The number of anilines is 1. The van der Waals surface area contributed by atoms with Gasteiger partial charge in [0.2, 0.25) is 5.91 Å². The molecule has 1 aromatic heterocycles. The molecule has 1 aliphatic rings. The summed E-state index contributed by atoms with van der Waals surface area (Å²) in [4.78, 5) is 43.0. The van der Waals surface area contributed by atoms with Crippen LogP contribution in [0.25, 0.3) is 6.08 Å². The fraction of sp³-hybridized carbons (Fsp3) is 0.111. The third-order valence-electron chi connectivity index (χ3n) is 3.50. The van der Waals surface area contributed by atoms with Gasteiger partial charge in [-0.2, -0.15) is 0 Å². The van der Waals surface area contributed by atoms with E-state index in [0.717, 1.165) is 21.6 Å². The molecule has 3 rings (SSSR count). The first-order valence-corrected chi connectivity index (χ1v) is 9.71. The molecule has 8 heteroatoms. The number of rotatable bonds is 5. The molecule has 26 heavy (non-hydrogen) atoms. The van der Waals surface area contributed by atoms with Gasteiger partial charge >= 0.3 is 0 Å². The Hall–Kier alpha value is -2.58. The van der Waals surface area contributed by atoms with Crippen molar-refractivity contribution in [2.75, 3.05) is 18.1 Å². The average Bonchev–Trinajstić information content (AvgIpc) is 2.90. The van der Waals surface area contributed by atoms with E-state index in [2.05, 4.69) is 10.3 Å². The Morgan fingerprint density at radius 1 is 1.27 bits per heavy atom. The molecule has 6 nitrogen and oxygen atoms in total. The summed E-state index contributed by atoms with van der Waals surface area (Å²) in [6.07, 6.45) is 5.09. The number of thioether (sulfide) groups is 2. The zero-order chi connectivity index (χ0) is 18.5. The standard InChI is InChI=1S/C18H15N3O3S2/c1-25-14-7-4-6-13(9-14)20-16(22)11-21-17(23)15(26-18(21)24)10-12-5-2-3-8-19-12/h2-10H,11H2,1H3,(H,20,22)/b15-10-. The van der Waals surface area contributed by atoms with Crippen molar-refractivity contribution in [3.8, 4) is 0 Å². The topological polar surface area (TPSA) is 79.4 Å². The highest BCUT2D eigenvalue weighted by Crippen LogP contribution is 2.31. The summed E-state index contributed by atoms with van der Waals surface area (Å²) < 4.78 is 0. The summed E-state index contributed by atoms with van der Waals surface area (Å²) in [6, 6.07) is 12.6. The van der Waals surface area contributed by atoms with E-state index < -0.39 is 17.1 Å². The van der Waals surface area contributed by atoms with Crippen LogP contribution in [0.3, 0.4) is 0 Å². The Labute approximate surface area is 159 Å². The Morgan fingerprint density at radius 3 is 2.85 bits per heavy atom. The van der Waals surface area contributed by atoms with Gasteiger partial charge in [0.1, 0.15) is 6.54 Å². The van der Waals surface area contributed by atoms with Gasteiger partial charge in [-0.25, -0.2) is 0 Å². The van der Waals surface area contributed by atoms with Gasteiger partial charge in [0.15, 0.2) is 0 Å². The van der Waals surface area contributed by atoms with Gasteiger partial charge in [0, 0.05) is 16.8 Å². The third kappa shape index (κ3) is 4.33. The minimum Gasteiger partial charge on any atom is -0.324 e. The zero-order valence-electron chi connectivity index (χ0n) is 13.8. The highest BCUT2D eigenvalue weighted by molar-refractivity contribution is 8.18. The largest absolute Gasteiger partial charge is 0.324 e. The van der Waals surface area contributed by atoms with Crippen molar-refractivity contribution >= 4 is 52.3 Å². The summed E-state index contributed by atoms with van der Waals surface area (Å²) in [6.45, 7) is -0.326. The fourth-order valence-corrected chi connectivity index (χ4v) is 3.56. The molecule has 0 saturated carbocycles. The number of hydrogen-bond acceptors (Lipinski definition) is 6. The van der Waals surface area contributed by atoms with Crippen LogP contribution in [-0.2, 0) is 9.59 Å². The molecule has 0 bridgehead atoms. The van der Waals surface area contributed by atoms with Crippen LogP contribution >= 0.6 is 23.5 Å². The smallest absolute Gasteiger partial charge is 0.294 e. The van der Waals surface area contributed by atoms with Crippen LogP contribution in [0.2, 0.25) is 0 Å². The van der Waals surface area contributed by atoms with Crippen LogP contribution in [0.15, 0.2) is 58.5 Å². The second-order valence-electron chi connectivity index (χ2n) is 5.30. The Balaban J connectivity index is 1.67. The lowest BCUT2D eigenvalue weighted by Gasteiger charge is -2.12. The molecule has 0 spiro atoms. The predicted molar refractivity (Wildman–Crippen MR) is 104 cm³/mol. The minimum absolute atomic E-state index is 0.255. The molecule has 2 heterocycles. The number of imide groups is 1.